The number of ether oxygens (including phenoxy) is 14. The van der Waals surface area contributed by atoms with Crippen LogP contribution in [0, 0.1) is 0 Å². The molecule has 31 nitrogen and oxygen atoms in total. The summed E-state index contributed by atoms with van der Waals surface area (Å²) in [5.74, 6) is -0.800. The third kappa shape index (κ3) is 10.8. The Bertz CT molecular complexity index is 1560. The zero-order valence-corrected chi connectivity index (χ0v) is 36.8. The molecule has 12 saturated heterocycles. The number of aliphatic hydroxyl groups is 16. The van der Waals surface area contributed by atoms with Crippen molar-refractivity contribution < 1.29 is 153 Å². The fourth-order valence-corrected chi connectivity index (χ4v) is 9.52. The third-order valence-corrected chi connectivity index (χ3v) is 13.4. The average molecular weight is 1030 g/mol. The van der Waals surface area contributed by atoms with Crippen molar-refractivity contribution in [2.75, 3.05) is 52.9 Å². The van der Waals surface area contributed by atoms with Crippen LogP contribution in [0.15, 0.2) is 0 Å². The Balaban J connectivity index is 1.18. The Kier molecular flexibility index (Phi) is 18.1. The lowest BCUT2D eigenvalue weighted by atomic mass is 9.94. The van der Waals surface area contributed by atoms with Gasteiger partial charge in [0.15, 0.2) is 43.5 Å². The lowest BCUT2D eigenvalue weighted by Crippen LogP contribution is -2.69. The van der Waals surface area contributed by atoms with Crippen molar-refractivity contribution in [2.24, 2.45) is 0 Å². The summed E-state index contributed by atoms with van der Waals surface area (Å²) in [4.78, 5) is 13.2. The van der Waals surface area contributed by atoms with Gasteiger partial charge in [-0.2, -0.15) is 0 Å². The first-order valence-corrected chi connectivity index (χ1v) is 22.5. The molecule has 16 N–H and O–H groups in total. The van der Waals surface area contributed by atoms with Gasteiger partial charge in [-0.05, 0) is 0 Å². The van der Waals surface area contributed by atoms with Gasteiger partial charge in [-0.3, -0.25) is 4.79 Å². The van der Waals surface area contributed by atoms with E-state index in [0.717, 1.165) is 0 Å². The molecule has 12 fully saturated rings. The normalized spacial score (nSPS) is 54.4. The highest BCUT2D eigenvalue weighted by atomic mass is 16.8. The quantitative estimate of drug-likeness (QED) is 0.124. The maximum atomic E-state index is 13.2. The van der Waals surface area contributed by atoms with Crippen LogP contribution in [0.2, 0.25) is 0 Å². The van der Waals surface area contributed by atoms with Gasteiger partial charge in [-0.1, -0.05) is 0 Å². The average Bonchev–Trinajstić information content (AvgIpc) is 3.34. The summed E-state index contributed by atoms with van der Waals surface area (Å²) in [6, 6.07) is 0. The summed E-state index contributed by atoms with van der Waals surface area (Å²) in [5.41, 5.74) is 0. The smallest absolute Gasteiger partial charge is 0.187 e. The van der Waals surface area contributed by atoms with Gasteiger partial charge in [0.25, 0.3) is 0 Å². The van der Waals surface area contributed by atoms with E-state index in [0.29, 0.717) is 0 Å². The Morgan fingerprint density at radius 1 is 0.300 bits per heavy atom. The summed E-state index contributed by atoms with van der Waals surface area (Å²) in [6.07, 6.45) is -58.7. The van der Waals surface area contributed by atoms with Crippen LogP contribution in [0.1, 0.15) is 0 Å². The van der Waals surface area contributed by atoms with E-state index < -0.39 is 243 Å². The van der Waals surface area contributed by atoms with Crippen molar-refractivity contribution in [3.05, 3.63) is 0 Å². The molecule has 70 heavy (non-hydrogen) atoms. The molecule has 12 rings (SSSR count). The van der Waals surface area contributed by atoms with Crippen molar-refractivity contribution in [3.63, 3.8) is 0 Å². The standard InChI is InChI=1S/C39H62O31/c40-1-10-28-18(47)24(53)36(61-10)69-32-14-7-57-5-9(44)6-58-8-15-33(21(50)27(56)39(64-15)67-30-12(3-42)59-34(65-28)22(51)16(30)45)70-37-25(54)19(48)29(11(2-41)62-37)66-35-23(52)17(46)31(13(4-43)60-35)68-38(63-14)26(55)20(32)49/h10-43,45-56H,1-8H2/t10-,11-,12-,13-,14-,15-,16-,17-,18-,19-,20-,21-,22-,23-,24-,25-,26-,27-,28-,29-,30-,31-,32-,33-,34-,35-,36-,37-,38-,39-/m1/s1. The highest BCUT2D eigenvalue weighted by Crippen LogP contribution is 2.38. The second-order valence-electron chi connectivity index (χ2n) is 18.0. The zero-order valence-electron chi connectivity index (χ0n) is 36.8. The van der Waals surface area contributed by atoms with Crippen molar-refractivity contribution in [1.82, 2.24) is 0 Å². The van der Waals surface area contributed by atoms with E-state index in [4.69, 9.17) is 66.3 Å². The minimum absolute atomic E-state index is 0.719. The van der Waals surface area contributed by atoms with Crippen LogP contribution in [0.3, 0.4) is 0 Å². The number of hydrogen-bond acceptors (Lipinski definition) is 31. The Hall–Kier alpha value is -1.53. The number of carbonyl (C=O) groups is 1. The van der Waals surface area contributed by atoms with Crippen LogP contribution >= 0.6 is 0 Å². The Labute approximate surface area is 395 Å². The molecule has 0 unspecified atom stereocenters. The van der Waals surface area contributed by atoms with Crippen LogP contribution in [-0.4, -0.2) is 325 Å². The van der Waals surface area contributed by atoms with E-state index in [-0.39, 0.29) is 0 Å². The number of aliphatic hydroxyl groups excluding tert-OH is 16. The van der Waals surface area contributed by atoms with Crippen LogP contribution in [0.4, 0.5) is 0 Å². The van der Waals surface area contributed by atoms with Crippen LogP contribution in [0.25, 0.3) is 0 Å². The van der Waals surface area contributed by atoms with Gasteiger partial charge in [-0.25, -0.2) is 0 Å². The monoisotopic (exact) mass is 1030 g/mol. The molecule has 0 spiro atoms. The first kappa shape index (κ1) is 54.7. The van der Waals surface area contributed by atoms with Crippen molar-refractivity contribution in [1.29, 1.82) is 0 Å². The number of hydrogen-bond donors (Lipinski definition) is 16. The minimum Gasteiger partial charge on any atom is -0.394 e. The lowest BCUT2D eigenvalue weighted by molar-refractivity contribution is -0.404. The molecule has 0 radical (unpaired) electrons. The number of carbonyl (C=O) groups excluding carboxylic acids is 1. The van der Waals surface area contributed by atoms with Gasteiger partial charge in [0.1, 0.15) is 160 Å². The van der Waals surface area contributed by atoms with E-state index in [1.807, 2.05) is 0 Å². The van der Waals surface area contributed by atoms with Crippen LogP contribution < -0.4 is 0 Å². The molecule has 0 aromatic carbocycles. The largest absolute Gasteiger partial charge is 0.394 e. The highest BCUT2D eigenvalue weighted by Gasteiger charge is 2.59. The van der Waals surface area contributed by atoms with E-state index in [9.17, 15) is 86.5 Å². The third-order valence-electron chi connectivity index (χ3n) is 13.4. The van der Waals surface area contributed by atoms with Crippen LogP contribution in [0.5, 0.6) is 0 Å². The molecule has 31 heteroatoms. The number of Topliss-reactive ketones (excluding diaryl/α,β-unsaturated/α-hetero) is 1. The first-order valence-electron chi connectivity index (χ1n) is 22.5. The Morgan fingerprint density at radius 2 is 0.514 bits per heavy atom. The second kappa shape index (κ2) is 23.2. The SMILES string of the molecule is O=C1COC[C@H]2O[C@@H]3O[C@H]4[C@H](O)[C@@H](O)[C@@H](O[C@H]5[C@H](O)[C@@H](O)[C@@H](O[C@H]6[C@H](O)[C@@H](O)[C@@H](O[C@H]7[C@H](O)[C@@H](O)[C@@H](O[C@H]8[C@H](O)[C@@H](O)[C@@H](O[C@H]2[C@H](O)[C@H]3O)O[C@@H]8CO)O[C@@H]7CO)O[C@@H]6COC1)O[C@@H]5CO)O[C@@H]4CO. The molecule has 30 atom stereocenters. The van der Waals surface area contributed by atoms with Crippen molar-refractivity contribution in [3.8, 4) is 0 Å². The number of fused-ring (bicyclic) bond motifs is 4. The zero-order chi connectivity index (χ0) is 50.5. The molecule has 0 aromatic rings. The molecule has 0 amide bonds. The molecule has 0 saturated carbocycles. The van der Waals surface area contributed by atoms with E-state index in [2.05, 4.69) is 0 Å². The van der Waals surface area contributed by atoms with Gasteiger partial charge < -0.3 is 148 Å². The maximum Gasteiger partial charge on any atom is 0.187 e. The number of ketones is 1. The van der Waals surface area contributed by atoms with E-state index in [1.165, 1.54) is 0 Å². The molecular weight excluding hydrogens is 964 g/mol. The predicted molar refractivity (Wildman–Crippen MR) is 208 cm³/mol. The fourth-order valence-electron chi connectivity index (χ4n) is 9.52. The molecule has 12 heterocycles. The lowest BCUT2D eigenvalue weighted by Gasteiger charge is -2.50. The summed E-state index contributed by atoms with van der Waals surface area (Å²) in [7, 11) is 0. The summed E-state index contributed by atoms with van der Waals surface area (Å²) < 4.78 is 80.9. The van der Waals surface area contributed by atoms with Gasteiger partial charge in [0, 0.05) is 0 Å². The first-order chi connectivity index (χ1) is 33.4. The van der Waals surface area contributed by atoms with E-state index in [1.54, 1.807) is 0 Å². The molecule has 404 valence electrons. The highest BCUT2D eigenvalue weighted by molar-refractivity contribution is 5.80. The topological polar surface area (TPSA) is 470 Å². The Morgan fingerprint density at radius 3 is 0.757 bits per heavy atom. The van der Waals surface area contributed by atoms with E-state index >= 15 is 0 Å². The van der Waals surface area contributed by atoms with Gasteiger partial charge >= 0.3 is 0 Å². The summed E-state index contributed by atoms with van der Waals surface area (Å²) in [6.45, 7) is -6.99. The van der Waals surface area contributed by atoms with Crippen molar-refractivity contribution in [2.45, 2.75) is 184 Å². The van der Waals surface area contributed by atoms with Crippen LogP contribution in [-0.2, 0) is 71.1 Å². The maximum absolute atomic E-state index is 13.2. The van der Waals surface area contributed by atoms with Gasteiger partial charge in [0.05, 0.1) is 39.6 Å². The number of rotatable bonds is 4. The summed E-state index contributed by atoms with van der Waals surface area (Å²) >= 11 is 0. The summed E-state index contributed by atoms with van der Waals surface area (Å²) in [5, 5.41) is 178. The van der Waals surface area contributed by atoms with Gasteiger partial charge in [-0.15, -0.1) is 0 Å². The molecule has 12 aliphatic rings. The van der Waals surface area contributed by atoms with Crippen molar-refractivity contribution >= 4 is 5.78 Å². The molecule has 12 bridgehead atoms. The molecule has 0 aromatic heterocycles. The molecule has 12 aliphatic heterocycles. The molecular formula is C39H62O31. The molecule has 0 aliphatic carbocycles. The predicted octanol–water partition coefficient (Wildman–Crippen LogP) is -12.4. The van der Waals surface area contributed by atoms with Gasteiger partial charge in [0.2, 0.25) is 0 Å². The fraction of sp³-hybridized carbons (Fsp3) is 0.974. The minimum atomic E-state index is -2.17. The second-order valence-corrected chi connectivity index (χ2v) is 18.0.